The van der Waals surface area contributed by atoms with E-state index < -0.39 is 0 Å². The molecule has 0 saturated carbocycles. The summed E-state index contributed by atoms with van der Waals surface area (Å²) in [6.07, 6.45) is 2.44. The maximum Gasteiger partial charge on any atom is 0.123 e. The van der Waals surface area contributed by atoms with Gasteiger partial charge in [-0.3, -0.25) is 15.8 Å². The van der Waals surface area contributed by atoms with E-state index in [-0.39, 0.29) is 5.82 Å². The zero-order chi connectivity index (χ0) is 18.6. The van der Waals surface area contributed by atoms with E-state index in [1.807, 2.05) is 18.2 Å². The van der Waals surface area contributed by atoms with E-state index in [0.29, 0.717) is 17.9 Å². The lowest BCUT2D eigenvalue weighted by Gasteiger charge is -2.37. The van der Waals surface area contributed by atoms with Gasteiger partial charge in [-0.25, -0.2) is 4.39 Å². The molecule has 2 aromatic rings. The fourth-order valence-corrected chi connectivity index (χ4v) is 4.55. The van der Waals surface area contributed by atoms with E-state index in [1.54, 1.807) is 19.2 Å². The van der Waals surface area contributed by atoms with Crippen molar-refractivity contribution < 1.29 is 9.13 Å². The molecule has 4 nitrogen and oxygen atoms in total. The molecule has 5 heteroatoms. The van der Waals surface area contributed by atoms with Crippen LogP contribution in [0.5, 0.6) is 5.75 Å². The van der Waals surface area contributed by atoms with Gasteiger partial charge in [0.2, 0.25) is 0 Å². The zero-order valence-electron chi connectivity index (χ0n) is 15.8. The predicted octanol–water partition coefficient (Wildman–Crippen LogP) is 3.31. The second-order valence-corrected chi connectivity index (χ2v) is 7.70. The molecule has 3 atom stereocenters. The van der Waals surface area contributed by atoms with Crippen LogP contribution in [-0.2, 0) is 6.54 Å². The number of hydrogen-bond acceptors (Lipinski definition) is 4. The molecule has 2 aliphatic heterocycles. The highest BCUT2D eigenvalue weighted by atomic mass is 19.1. The van der Waals surface area contributed by atoms with Crippen molar-refractivity contribution in [2.24, 2.45) is 5.92 Å². The normalized spacial score (nSPS) is 26.2. The number of rotatable bonds is 5. The van der Waals surface area contributed by atoms with E-state index in [4.69, 9.17) is 4.74 Å². The van der Waals surface area contributed by atoms with Gasteiger partial charge in [-0.2, -0.15) is 0 Å². The minimum absolute atomic E-state index is 0.170. The number of nitrogens with zero attached hydrogens (tertiary/aromatic N) is 1. The average molecular weight is 369 g/mol. The number of nitrogens with one attached hydrogen (secondary N) is 2. The molecule has 2 heterocycles. The molecular formula is C22H28FN3O. The summed E-state index contributed by atoms with van der Waals surface area (Å²) in [5.74, 6) is 1.71. The van der Waals surface area contributed by atoms with Gasteiger partial charge in [0.25, 0.3) is 0 Å². The Morgan fingerprint density at radius 3 is 2.85 bits per heavy atom. The number of likely N-dealkylation sites (tertiary alicyclic amines) is 1. The van der Waals surface area contributed by atoms with Gasteiger partial charge >= 0.3 is 0 Å². The van der Waals surface area contributed by atoms with Gasteiger partial charge in [0.1, 0.15) is 11.6 Å². The van der Waals surface area contributed by atoms with E-state index in [1.165, 1.54) is 24.0 Å². The van der Waals surface area contributed by atoms with Crippen molar-refractivity contribution in [2.75, 3.05) is 26.7 Å². The molecule has 0 bridgehead atoms. The van der Waals surface area contributed by atoms with Crippen molar-refractivity contribution >= 4 is 0 Å². The Bertz CT molecular complexity index is 751. The first-order chi connectivity index (χ1) is 13.2. The Morgan fingerprint density at radius 1 is 1.19 bits per heavy atom. The summed E-state index contributed by atoms with van der Waals surface area (Å²) >= 11 is 0. The molecule has 0 aromatic heterocycles. The van der Waals surface area contributed by atoms with Crippen LogP contribution in [0.2, 0.25) is 0 Å². The van der Waals surface area contributed by atoms with Crippen LogP contribution in [0.1, 0.15) is 29.9 Å². The molecule has 0 spiro atoms. The third kappa shape index (κ3) is 4.32. The topological polar surface area (TPSA) is 36.5 Å². The van der Waals surface area contributed by atoms with Crippen LogP contribution in [0.4, 0.5) is 4.39 Å². The van der Waals surface area contributed by atoms with Crippen LogP contribution in [0.25, 0.3) is 0 Å². The quantitative estimate of drug-likeness (QED) is 0.848. The molecule has 144 valence electrons. The van der Waals surface area contributed by atoms with Crippen molar-refractivity contribution in [1.82, 2.24) is 15.8 Å². The van der Waals surface area contributed by atoms with Crippen LogP contribution >= 0.6 is 0 Å². The Balaban J connectivity index is 1.43. The highest BCUT2D eigenvalue weighted by Crippen LogP contribution is 2.32. The lowest BCUT2D eigenvalue weighted by molar-refractivity contribution is 0.139. The second kappa shape index (κ2) is 8.38. The first-order valence-electron chi connectivity index (χ1n) is 9.82. The fourth-order valence-electron chi connectivity index (χ4n) is 4.55. The Hall–Kier alpha value is -1.95. The van der Waals surface area contributed by atoms with E-state index in [2.05, 4.69) is 34.0 Å². The molecule has 2 N–H and O–H groups in total. The largest absolute Gasteiger partial charge is 0.497 e. The molecular weight excluding hydrogens is 341 g/mol. The number of methoxy groups -OCH3 is 1. The van der Waals surface area contributed by atoms with Gasteiger partial charge in [-0.1, -0.05) is 24.3 Å². The summed E-state index contributed by atoms with van der Waals surface area (Å²) < 4.78 is 18.6. The standard InChI is InChI=1S/C22H28FN3O/c1-27-20-6-2-4-16(12-20)14-26-11-3-5-18(15-26)22-21(13-24-25-22)17-7-9-19(23)10-8-17/h2,4,6-10,12,18,21-22,24-25H,3,5,11,13-15H2,1H3. The predicted molar refractivity (Wildman–Crippen MR) is 105 cm³/mol. The molecule has 4 rings (SSSR count). The minimum Gasteiger partial charge on any atom is -0.497 e. The second-order valence-electron chi connectivity index (χ2n) is 7.70. The molecule has 2 aliphatic rings. The van der Waals surface area contributed by atoms with Crippen LogP contribution < -0.4 is 15.6 Å². The van der Waals surface area contributed by atoms with Crippen molar-refractivity contribution in [3.05, 3.63) is 65.5 Å². The number of benzene rings is 2. The number of piperidine rings is 1. The Kier molecular flexibility index (Phi) is 5.72. The van der Waals surface area contributed by atoms with E-state index in [0.717, 1.165) is 31.9 Å². The summed E-state index contributed by atoms with van der Waals surface area (Å²) in [4.78, 5) is 2.55. The van der Waals surface area contributed by atoms with Crippen LogP contribution in [0.15, 0.2) is 48.5 Å². The van der Waals surface area contributed by atoms with E-state index >= 15 is 0 Å². The SMILES string of the molecule is COc1cccc(CN2CCCC(C3NNCC3c3ccc(F)cc3)C2)c1. The third-order valence-electron chi connectivity index (χ3n) is 5.91. The van der Waals surface area contributed by atoms with Gasteiger partial charge in [-0.05, 0) is 60.7 Å². The van der Waals surface area contributed by atoms with Gasteiger partial charge in [0.15, 0.2) is 0 Å². The molecule has 2 fully saturated rings. The summed E-state index contributed by atoms with van der Waals surface area (Å²) in [6.45, 7) is 4.06. The molecule has 0 amide bonds. The summed E-state index contributed by atoms with van der Waals surface area (Å²) in [5, 5.41) is 0. The van der Waals surface area contributed by atoms with Gasteiger partial charge < -0.3 is 4.74 Å². The summed E-state index contributed by atoms with van der Waals surface area (Å²) in [6, 6.07) is 15.7. The smallest absolute Gasteiger partial charge is 0.123 e. The molecule has 27 heavy (non-hydrogen) atoms. The van der Waals surface area contributed by atoms with Crippen molar-refractivity contribution in [1.29, 1.82) is 0 Å². The molecule has 0 radical (unpaired) electrons. The van der Waals surface area contributed by atoms with Gasteiger partial charge in [0, 0.05) is 31.6 Å². The van der Waals surface area contributed by atoms with Crippen LogP contribution in [0.3, 0.4) is 0 Å². The lowest BCUT2D eigenvalue weighted by atomic mass is 9.81. The van der Waals surface area contributed by atoms with Gasteiger partial charge in [0.05, 0.1) is 7.11 Å². The highest BCUT2D eigenvalue weighted by Gasteiger charge is 2.36. The van der Waals surface area contributed by atoms with Crippen LogP contribution in [0, 0.1) is 11.7 Å². The highest BCUT2D eigenvalue weighted by molar-refractivity contribution is 5.28. The number of hydrazine groups is 1. The molecule has 2 saturated heterocycles. The van der Waals surface area contributed by atoms with Crippen molar-refractivity contribution in [2.45, 2.75) is 31.3 Å². The van der Waals surface area contributed by atoms with Gasteiger partial charge in [-0.15, -0.1) is 0 Å². The Labute approximate surface area is 160 Å². The lowest BCUT2D eigenvalue weighted by Crippen LogP contribution is -2.46. The first-order valence-corrected chi connectivity index (χ1v) is 9.82. The van der Waals surface area contributed by atoms with Crippen molar-refractivity contribution in [3.63, 3.8) is 0 Å². The van der Waals surface area contributed by atoms with Crippen molar-refractivity contribution in [3.8, 4) is 5.75 Å². The molecule has 3 unspecified atom stereocenters. The van der Waals surface area contributed by atoms with E-state index in [9.17, 15) is 4.39 Å². The zero-order valence-corrected chi connectivity index (χ0v) is 15.8. The summed E-state index contributed by atoms with van der Waals surface area (Å²) in [7, 11) is 1.71. The monoisotopic (exact) mass is 369 g/mol. The number of ether oxygens (including phenoxy) is 1. The molecule has 0 aliphatic carbocycles. The molecule has 2 aromatic carbocycles. The number of hydrogen-bond donors (Lipinski definition) is 2. The van der Waals surface area contributed by atoms with Crippen LogP contribution in [-0.4, -0.2) is 37.7 Å². The summed E-state index contributed by atoms with van der Waals surface area (Å²) in [5.41, 5.74) is 9.34. The Morgan fingerprint density at radius 2 is 2.04 bits per heavy atom. The maximum atomic E-state index is 13.3. The minimum atomic E-state index is -0.170. The fraction of sp³-hybridized carbons (Fsp3) is 0.455. The maximum absolute atomic E-state index is 13.3. The average Bonchev–Trinajstić information content (AvgIpc) is 3.19. The first kappa shape index (κ1) is 18.4. The number of halogens is 1. The third-order valence-corrected chi connectivity index (χ3v) is 5.91.